The Labute approximate surface area is 152 Å². The summed E-state index contributed by atoms with van der Waals surface area (Å²) in [6.45, 7) is 18.1. The first-order chi connectivity index (χ1) is 11.2. The lowest BCUT2D eigenvalue weighted by molar-refractivity contribution is -0.112. The van der Waals surface area contributed by atoms with Crippen molar-refractivity contribution in [2.45, 2.75) is 104 Å². The van der Waals surface area contributed by atoms with E-state index in [1.165, 1.54) is 19.3 Å². The highest BCUT2D eigenvalue weighted by Gasteiger charge is 2.46. The lowest BCUT2D eigenvalue weighted by atomic mass is 9.90. The van der Waals surface area contributed by atoms with Gasteiger partial charge in [-0.05, 0) is 35.0 Å². The van der Waals surface area contributed by atoms with Gasteiger partial charge in [-0.3, -0.25) is 0 Å². The van der Waals surface area contributed by atoms with E-state index in [0.717, 1.165) is 19.1 Å². The third kappa shape index (κ3) is 6.74. The Balaban J connectivity index is 4.80. The van der Waals surface area contributed by atoms with Crippen LogP contribution in [0.1, 0.15) is 87.5 Å². The molecule has 0 aliphatic rings. The fourth-order valence-electron chi connectivity index (χ4n) is 4.09. The lowest BCUT2D eigenvalue weighted by Gasteiger charge is -2.41. The van der Waals surface area contributed by atoms with Crippen LogP contribution in [0.5, 0.6) is 0 Å². The highest BCUT2D eigenvalue weighted by atomic mass is 28.4. The van der Waals surface area contributed by atoms with Gasteiger partial charge in [0.25, 0.3) is 8.32 Å². The van der Waals surface area contributed by atoms with Gasteiger partial charge in [0, 0.05) is 5.92 Å². The molecule has 0 heterocycles. The maximum atomic E-state index is 11.4. The summed E-state index contributed by atoms with van der Waals surface area (Å²) in [5, 5.41) is 0. The fourth-order valence-corrected chi connectivity index (χ4v) is 9.22. The fraction of sp³-hybridized carbons (Fsp3) is 0.857. The zero-order valence-electron chi connectivity index (χ0n) is 17.5. The Kier molecular flexibility index (Phi) is 11.6. The first-order valence-electron chi connectivity index (χ1n) is 10.0. The van der Waals surface area contributed by atoms with E-state index in [0.29, 0.717) is 16.6 Å². The minimum absolute atomic E-state index is 0.120. The summed E-state index contributed by atoms with van der Waals surface area (Å²) >= 11 is 0. The first kappa shape index (κ1) is 23.4. The minimum Gasteiger partial charge on any atom is -0.548 e. The summed E-state index contributed by atoms with van der Waals surface area (Å²) in [6, 6.07) is 0. The molecule has 0 unspecified atom stereocenters. The van der Waals surface area contributed by atoms with E-state index in [4.69, 9.17) is 4.43 Å². The molecular formula is C21H42O2Si. The van der Waals surface area contributed by atoms with Crippen LogP contribution in [0, 0.1) is 11.8 Å². The standard InChI is InChI=1S/C21H42O2Si/c1-9-10-11-12-13-21(16-22)20(8)14-15-23-24(17(2)3,18(4)5)19(6)7/h14-21H,9-13H2,1-8H3/b15-14+/t20-,21+/m1/s1. The average Bonchev–Trinajstić information content (AvgIpc) is 2.50. The largest absolute Gasteiger partial charge is 0.548 e. The molecule has 142 valence electrons. The van der Waals surface area contributed by atoms with Crippen LogP contribution in [0.15, 0.2) is 12.3 Å². The van der Waals surface area contributed by atoms with Crippen LogP contribution in [-0.4, -0.2) is 14.6 Å². The molecular weight excluding hydrogens is 312 g/mol. The van der Waals surface area contributed by atoms with Gasteiger partial charge in [-0.15, -0.1) is 0 Å². The molecule has 0 saturated carbocycles. The molecule has 0 aromatic carbocycles. The molecule has 2 atom stereocenters. The monoisotopic (exact) mass is 354 g/mol. The van der Waals surface area contributed by atoms with Gasteiger partial charge in [0.1, 0.15) is 6.29 Å². The number of unbranched alkanes of at least 4 members (excludes halogenated alkanes) is 3. The van der Waals surface area contributed by atoms with Crippen LogP contribution in [0.2, 0.25) is 16.6 Å². The number of hydrogen-bond donors (Lipinski definition) is 0. The zero-order valence-corrected chi connectivity index (χ0v) is 18.5. The van der Waals surface area contributed by atoms with Crippen LogP contribution >= 0.6 is 0 Å². The van der Waals surface area contributed by atoms with Crippen molar-refractivity contribution in [1.29, 1.82) is 0 Å². The van der Waals surface area contributed by atoms with Crippen molar-refractivity contribution in [1.82, 2.24) is 0 Å². The molecule has 0 rings (SSSR count). The van der Waals surface area contributed by atoms with E-state index >= 15 is 0 Å². The highest BCUT2D eigenvalue weighted by molar-refractivity contribution is 6.77. The van der Waals surface area contributed by atoms with Gasteiger partial charge in [0.05, 0.1) is 6.26 Å². The van der Waals surface area contributed by atoms with Crippen molar-refractivity contribution in [3.8, 4) is 0 Å². The predicted molar refractivity (Wildman–Crippen MR) is 109 cm³/mol. The molecule has 2 nitrogen and oxygen atoms in total. The van der Waals surface area contributed by atoms with E-state index in [1.54, 1.807) is 0 Å². The Morgan fingerprint density at radius 1 is 0.875 bits per heavy atom. The second kappa shape index (κ2) is 11.9. The summed E-state index contributed by atoms with van der Waals surface area (Å²) < 4.78 is 6.46. The van der Waals surface area contributed by atoms with Crippen LogP contribution in [0.25, 0.3) is 0 Å². The van der Waals surface area contributed by atoms with Crippen LogP contribution in [0.4, 0.5) is 0 Å². The third-order valence-corrected chi connectivity index (χ3v) is 11.6. The number of rotatable bonds is 13. The number of aldehydes is 1. The van der Waals surface area contributed by atoms with Gasteiger partial charge in [0.15, 0.2) is 0 Å². The molecule has 0 aliphatic carbocycles. The maximum absolute atomic E-state index is 11.4. The zero-order chi connectivity index (χ0) is 18.8. The van der Waals surface area contributed by atoms with E-state index < -0.39 is 8.32 Å². The molecule has 0 saturated heterocycles. The normalized spacial score (nSPS) is 15.5. The summed E-state index contributed by atoms with van der Waals surface area (Å²) in [5.41, 5.74) is 1.73. The molecule has 0 aromatic rings. The van der Waals surface area contributed by atoms with Crippen LogP contribution in [-0.2, 0) is 9.22 Å². The molecule has 3 heteroatoms. The Morgan fingerprint density at radius 3 is 1.83 bits per heavy atom. The summed E-state index contributed by atoms with van der Waals surface area (Å²) in [5.74, 6) is 0.372. The number of allylic oxidation sites excluding steroid dienone is 1. The third-order valence-electron chi connectivity index (χ3n) is 5.60. The maximum Gasteiger partial charge on any atom is 0.257 e. The number of carbonyl (C=O) groups excluding carboxylic acids is 1. The highest BCUT2D eigenvalue weighted by Crippen LogP contribution is 2.42. The molecule has 0 bridgehead atoms. The second-order valence-corrected chi connectivity index (χ2v) is 13.7. The number of carbonyl (C=O) groups is 1. The van der Waals surface area contributed by atoms with Gasteiger partial charge in [-0.2, -0.15) is 0 Å². The van der Waals surface area contributed by atoms with Gasteiger partial charge in [-0.25, -0.2) is 0 Å². The van der Waals surface area contributed by atoms with Crippen LogP contribution < -0.4 is 0 Å². The SMILES string of the molecule is CCCCCC[C@@H](C=O)[C@H](C)/C=C/O[Si](C(C)C)(C(C)C)C(C)C. The van der Waals surface area contributed by atoms with Crippen molar-refractivity contribution < 1.29 is 9.22 Å². The molecule has 0 fully saturated rings. The average molecular weight is 355 g/mol. The van der Waals surface area contributed by atoms with E-state index in [1.807, 2.05) is 6.26 Å². The van der Waals surface area contributed by atoms with Gasteiger partial charge in [0.2, 0.25) is 0 Å². The topological polar surface area (TPSA) is 26.3 Å². The Morgan fingerprint density at radius 2 is 1.42 bits per heavy atom. The molecule has 0 radical (unpaired) electrons. The second-order valence-electron chi connectivity index (χ2n) is 8.27. The summed E-state index contributed by atoms with van der Waals surface area (Å²) in [4.78, 5) is 11.4. The Hall–Kier alpha value is -0.573. The van der Waals surface area contributed by atoms with E-state index in [-0.39, 0.29) is 11.8 Å². The van der Waals surface area contributed by atoms with Crippen LogP contribution in [0.3, 0.4) is 0 Å². The molecule has 0 spiro atoms. The van der Waals surface area contributed by atoms with Crippen molar-refractivity contribution in [3.63, 3.8) is 0 Å². The van der Waals surface area contributed by atoms with E-state index in [9.17, 15) is 4.79 Å². The predicted octanol–water partition coefficient (Wildman–Crippen LogP) is 7.11. The molecule has 24 heavy (non-hydrogen) atoms. The number of hydrogen-bond acceptors (Lipinski definition) is 2. The lowest BCUT2D eigenvalue weighted by Crippen LogP contribution is -2.46. The van der Waals surface area contributed by atoms with Gasteiger partial charge < -0.3 is 9.22 Å². The molecule has 0 aliphatic heterocycles. The molecule has 0 aromatic heterocycles. The van der Waals surface area contributed by atoms with Crippen molar-refractivity contribution in [3.05, 3.63) is 12.3 Å². The smallest absolute Gasteiger partial charge is 0.257 e. The van der Waals surface area contributed by atoms with E-state index in [2.05, 4.69) is 61.5 Å². The Bertz CT molecular complexity index is 339. The minimum atomic E-state index is -1.85. The first-order valence-corrected chi connectivity index (χ1v) is 12.2. The van der Waals surface area contributed by atoms with Crippen molar-refractivity contribution in [2.75, 3.05) is 0 Å². The van der Waals surface area contributed by atoms with Crippen molar-refractivity contribution in [2.24, 2.45) is 11.8 Å². The molecule has 0 amide bonds. The molecule has 0 N–H and O–H groups in total. The summed E-state index contributed by atoms with van der Waals surface area (Å²) in [6.07, 6.45) is 11.1. The van der Waals surface area contributed by atoms with Gasteiger partial charge >= 0.3 is 0 Å². The quantitative estimate of drug-likeness (QED) is 0.152. The summed E-state index contributed by atoms with van der Waals surface area (Å²) in [7, 11) is -1.85. The van der Waals surface area contributed by atoms with Gasteiger partial charge in [-0.1, -0.05) is 81.1 Å². The van der Waals surface area contributed by atoms with Crippen molar-refractivity contribution >= 4 is 14.6 Å².